The van der Waals surface area contributed by atoms with Crippen LogP contribution in [-0.4, -0.2) is 36.2 Å². The normalized spacial score (nSPS) is 26.1. The predicted molar refractivity (Wildman–Crippen MR) is 82.0 cm³/mol. The SMILES string of the molecule is CC(C)Oc1ccccc1CNC1CCN2CCCC12. The number of fused-ring (bicyclic) bond motifs is 1. The van der Waals surface area contributed by atoms with Gasteiger partial charge in [-0.3, -0.25) is 4.90 Å². The van der Waals surface area contributed by atoms with E-state index in [1.54, 1.807) is 0 Å². The molecule has 0 saturated carbocycles. The molecule has 0 spiro atoms. The summed E-state index contributed by atoms with van der Waals surface area (Å²) in [5, 5.41) is 3.76. The van der Waals surface area contributed by atoms with Crippen LogP contribution < -0.4 is 10.1 Å². The lowest BCUT2D eigenvalue weighted by Gasteiger charge is -2.22. The van der Waals surface area contributed by atoms with Gasteiger partial charge in [-0.1, -0.05) is 18.2 Å². The Hall–Kier alpha value is -1.06. The van der Waals surface area contributed by atoms with Crippen LogP contribution in [0.3, 0.4) is 0 Å². The summed E-state index contributed by atoms with van der Waals surface area (Å²) in [4.78, 5) is 2.65. The van der Waals surface area contributed by atoms with Gasteiger partial charge in [-0.2, -0.15) is 0 Å². The molecule has 1 aromatic carbocycles. The molecule has 3 rings (SSSR count). The largest absolute Gasteiger partial charge is 0.491 e. The van der Waals surface area contributed by atoms with Crippen molar-refractivity contribution in [1.29, 1.82) is 0 Å². The fourth-order valence-electron chi connectivity index (χ4n) is 3.58. The zero-order chi connectivity index (χ0) is 13.9. The average molecular weight is 274 g/mol. The highest BCUT2D eigenvalue weighted by molar-refractivity contribution is 5.33. The molecular weight excluding hydrogens is 248 g/mol. The number of nitrogens with zero attached hydrogens (tertiary/aromatic N) is 1. The standard InChI is InChI=1S/C17H26N2O/c1-13(2)20-17-8-4-3-6-14(17)12-18-15-9-11-19-10-5-7-16(15)19/h3-4,6,8,13,15-16,18H,5,7,9-12H2,1-2H3. The van der Waals surface area contributed by atoms with E-state index in [0.717, 1.165) is 18.3 Å². The number of hydrogen-bond acceptors (Lipinski definition) is 3. The fraction of sp³-hybridized carbons (Fsp3) is 0.647. The summed E-state index contributed by atoms with van der Waals surface area (Å²) in [7, 11) is 0. The minimum Gasteiger partial charge on any atom is -0.491 e. The van der Waals surface area contributed by atoms with E-state index in [1.807, 2.05) is 0 Å². The van der Waals surface area contributed by atoms with Crippen LogP contribution in [0.2, 0.25) is 0 Å². The van der Waals surface area contributed by atoms with Gasteiger partial charge >= 0.3 is 0 Å². The second kappa shape index (κ2) is 6.15. The quantitative estimate of drug-likeness (QED) is 0.893. The van der Waals surface area contributed by atoms with Crippen molar-refractivity contribution in [3.05, 3.63) is 29.8 Å². The molecule has 0 amide bonds. The van der Waals surface area contributed by atoms with Crippen molar-refractivity contribution in [3.8, 4) is 5.75 Å². The number of para-hydroxylation sites is 1. The van der Waals surface area contributed by atoms with Gasteiger partial charge in [0.05, 0.1) is 6.10 Å². The first-order valence-electron chi connectivity index (χ1n) is 7.96. The average Bonchev–Trinajstić information content (AvgIpc) is 3.00. The van der Waals surface area contributed by atoms with E-state index in [1.165, 1.54) is 37.9 Å². The van der Waals surface area contributed by atoms with Crippen LogP contribution in [0.25, 0.3) is 0 Å². The van der Waals surface area contributed by atoms with Crippen molar-refractivity contribution in [3.63, 3.8) is 0 Å². The van der Waals surface area contributed by atoms with Crippen LogP contribution in [0, 0.1) is 0 Å². The van der Waals surface area contributed by atoms with Gasteiger partial charge in [-0.15, -0.1) is 0 Å². The van der Waals surface area contributed by atoms with Crippen molar-refractivity contribution in [2.75, 3.05) is 13.1 Å². The molecule has 1 N–H and O–H groups in total. The molecule has 2 aliphatic rings. The molecule has 0 radical (unpaired) electrons. The van der Waals surface area contributed by atoms with Gasteiger partial charge in [0.1, 0.15) is 5.75 Å². The maximum Gasteiger partial charge on any atom is 0.124 e. The molecule has 0 bridgehead atoms. The van der Waals surface area contributed by atoms with Gasteiger partial charge in [0.2, 0.25) is 0 Å². The molecular formula is C17H26N2O. The molecule has 20 heavy (non-hydrogen) atoms. The van der Waals surface area contributed by atoms with E-state index in [2.05, 4.69) is 48.3 Å². The van der Waals surface area contributed by atoms with Crippen molar-refractivity contribution >= 4 is 0 Å². The molecule has 0 aliphatic carbocycles. The topological polar surface area (TPSA) is 24.5 Å². The summed E-state index contributed by atoms with van der Waals surface area (Å²) in [6, 6.07) is 9.83. The lowest BCUT2D eigenvalue weighted by Crippen LogP contribution is -2.38. The maximum absolute atomic E-state index is 5.90. The van der Waals surface area contributed by atoms with Gasteiger partial charge in [-0.25, -0.2) is 0 Å². The number of rotatable bonds is 5. The highest BCUT2D eigenvalue weighted by Gasteiger charge is 2.36. The second-order valence-electron chi connectivity index (χ2n) is 6.30. The third-order valence-corrected chi connectivity index (χ3v) is 4.50. The smallest absolute Gasteiger partial charge is 0.124 e. The second-order valence-corrected chi connectivity index (χ2v) is 6.30. The predicted octanol–water partition coefficient (Wildman–Crippen LogP) is 2.80. The number of hydrogen-bond donors (Lipinski definition) is 1. The number of benzene rings is 1. The molecule has 2 atom stereocenters. The Morgan fingerprint density at radius 1 is 1.25 bits per heavy atom. The first kappa shape index (κ1) is 13.9. The first-order chi connectivity index (χ1) is 9.74. The number of nitrogens with one attached hydrogen (secondary N) is 1. The van der Waals surface area contributed by atoms with E-state index in [9.17, 15) is 0 Å². The fourth-order valence-corrected chi connectivity index (χ4v) is 3.58. The van der Waals surface area contributed by atoms with Crippen molar-refractivity contribution in [1.82, 2.24) is 10.2 Å². The van der Waals surface area contributed by atoms with Crippen LogP contribution in [0.15, 0.2) is 24.3 Å². The van der Waals surface area contributed by atoms with E-state index < -0.39 is 0 Å². The molecule has 1 aromatic rings. The van der Waals surface area contributed by atoms with Crippen LogP contribution in [0.4, 0.5) is 0 Å². The Balaban J connectivity index is 1.61. The number of ether oxygens (including phenoxy) is 1. The molecule has 2 heterocycles. The summed E-state index contributed by atoms with van der Waals surface area (Å²) >= 11 is 0. The van der Waals surface area contributed by atoms with Crippen LogP contribution in [0.5, 0.6) is 5.75 Å². The molecule has 110 valence electrons. The summed E-state index contributed by atoms with van der Waals surface area (Å²) in [6.07, 6.45) is 4.25. The molecule has 2 aliphatic heterocycles. The Kier molecular flexibility index (Phi) is 4.27. The van der Waals surface area contributed by atoms with Crippen LogP contribution in [0.1, 0.15) is 38.7 Å². The third-order valence-electron chi connectivity index (χ3n) is 4.50. The Morgan fingerprint density at radius 2 is 2.10 bits per heavy atom. The first-order valence-corrected chi connectivity index (χ1v) is 7.96. The Morgan fingerprint density at radius 3 is 2.95 bits per heavy atom. The highest BCUT2D eigenvalue weighted by Crippen LogP contribution is 2.28. The third kappa shape index (κ3) is 2.99. The van der Waals surface area contributed by atoms with Crippen molar-refractivity contribution in [2.45, 2.75) is 57.8 Å². The van der Waals surface area contributed by atoms with Crippen molar-refractivity contribution < 1.29 is 4.74 Å². The molecule has 2 unspecified atom stereocenters. The van der Waals surface area contributed by atoms with Gasteiger partial charge in [0.25, 0.3) is 0 Å². The van der Waals surface area contributed by atoms with E-state index in [4.69, 9.17) is 4.74 Å². The zero-order valence-electron chi connectivity index (χ0n) is 12.6. The lowest BCUT2D eigenvalue weighted by atomic mass is 10.1. The van der Waals surface area contributed by atoms with Gasteiger partial charge < -0.3 is 10.1 Å². The summed E-state index contributed by atoms with van der Waals surface area (Å²) < 4.78 is 5.90. The van der Waals surface area contributed by atoms with E-state index >= 15 is 0 Å². The Labute approximate surface area is 122 Å². The summed E-state index contributed by atoms with van der Waals surface area (Å²) in [6.45, 7) is 7.65. The van der Waals surface area contributed by atoms with E-state index in [0.29, 0.717) is 6.04 Å². The molecule has 2 fully saturated rings. The summed E-state index contributed by atoms with van der Waals surface area (Å²) in [5.41, 5.74) is 1.28. The molecule has 0 aromatic heterocycles. The van der Waals surface area contributed by atoms with Crippen LogP contribution >= 0.6 is 0 Å². The minimum absolute atomic E-state index is 0.230. The van der Waals surface area contributed by atoms with Gasteiger partial charge in [0.15, 0.2) is 0 Å². The zero-order valence-corrected chi connectivity index (χ0v) is 12.6. The maximum atomic E-state index is 5.90. The van der Waals surface area contributed by atoms with Gasteiger partial charge in [-0.05, 0) is 45.7 Å². The summed E-state index contributed by atoms with van der Waals surface area (Å²) in [5.74, 6) is 1.02. The van der Waals surface area contributed by atoms with E-state index in [-0.39, 0.29) is 6.10 Å². The highest BCUT2D eigenvalue weighted by atomic mass is 16.5. The van der Waals surface area contributed by atoms with Crippen molar-refractivity contribution in [2.24, 2.45) is 0 Å². The Bertz CT molecular complexity index is 446. The molecule has 3 nitrogen and oxygen atoms in total. The molecule has 2 saturated heterocycles. The van der Waals surface area contributed by atoms with Gasteiger partial charge in [0, 0.05) is 30.7 Å². The lowest BCUT2D eigenvalue weighted by molar-refractivity contribution is 0.238. The van der Waals surface area contributed by atoms with Crippen LogP contribution in [-0.2, 0) is 6.54 Å². The minimum atomic E-state index is 0.230. The monoisotopic (exact) mass is 274 g/mol. The molecule has 3 heteroatoms.